The Kier molecular flexibility index (Phi) is 40.3. The zero-order valence-corrected chi connectivity index (χ0v) is 67.7. The summed E-state index contributed by atoms with van der Waals surface area (Å²) in [5.74, 6) is -0.986. The van der Waals surface area contributed by atoms with E-state index >= 15 is 0 Å². The molecule has 14 N–H and O–H groups in total. The van der Waals surface area contributed by atoms with Crippen LogP contribution in [0.4, 0.5) is 73.6 Å². The molecule has 0 saturated heterocycles. The number of ether oxygens (including phenoxy) is 4. The van der Waals surface area contributed by atoms with Crippen LogP contribution in [0.2, 0.25) is 0 Å². The van der Waals surface area contributed by atoms with Crippen LogP contribution >= 0.6 is 23.5 Å². The lowest BCUT2D eigenvalue weighted by Gasteiger charge is -2.20. The molecule has 0 bridgehead atoms. The lowest BCUT2D eigenvalue weighted by atomic mass is 9.95. The molecule has 0 unspecified atom stereocenters. The monoisotopic (exact) mass is 1690 g/mol. The molecule has 0 aromatic heterocycles. The van der Waals surface area contributed by atoms with Crippen LogP contribution in [0.3, 0.4) is 0 Å². The van der Waals surface area contributed by atoms with Gasteiger partial charge in [-0.1, -0.05) is 37.8 Å². The van der Waals surface area contributed by atoms with Crippen molar-refractivity contribution < 1.29 is 105 Å². The van der Waals surface area contributed by atoms with Gasteiger partial charge in [0.25, 0.3) is 0 Å². The number of aliphatic imine (C=N–C) groups is 1. The standard InChI is InChI=1S/C43H52F6N4O7S.C35H42F6N6O3S.C4H8O/c1-26(53-39(57)60-41(5,6)7)51-14-9-8-12-33(54)21-28-19-30(42(44,45)46)20-29(37(28)61-16-15-52-38(56)59-40(2,3)4)22-34(55)17-27-11-10-13-35(18-27)58-36-24-31(43(47,48)49)23-32(50)25-36;36-34(37,38)25-15-23(17-28(48)6-1-2-10-47-33(44)45)32(51-12-9-43)24(16-25)18-29(49)13-22-5-3-7-30(14-22)50-31-20-26(35(39,40)41)19-27(21-31)46-11-4-8-42;1-2-3-4-5/h10-11,13,18-20,23-25,51H,1,8-9,12,14-17,21-22,50H2,2-7H3,(H,52,56)(H,53,57);3,5,7,14-16,19-21,46H,1-2,4,6,8-13,17-18,42-43H2,(H4,44,45,47);4H,2-3H2,1H3. The number of ketones is 4. The van der Waals surface area contributed by atoms with E-state index in [1.165, 1.54) is 54.2 Å². The molecule has 6 aromatic carbocycles. The highest BCUT2D eigenvalue weighted by Crippen LogP contribution is 2.41. The van der Waals surface area contributed by atoms with Gasteiger partial charge in [-0.15, -0.1) is 23.5 Å². The summed E-state index contributed by atoms with van der Waals surface area (Å²) in [6.07, 6.45) is -17.1. The summed E-state index contributed by atoms with van der Waals surface area (Å²) in [6.45, 7) is 17.5. The van der Waals surface area contributed by atoms with E-state index in [9.17, 15) is 86.2 Å². The van der Waals surface area contributed by atoms with Crippen LogP contribution in [0.25, 0.3) is 0 Å². The minimum Gasteiger partial charge on any atom is -0.457 e. The number of nitrogen functional groups attached to an aromatic ring is 1. The molecule has 0 aliphatic carbocycles. The number of nitrogens with zero attached hydrogens (tertiary/aromatic N) is 1. The molecule has 2 amide bonds. The highest BCUT2D eigenvalue weighted by atomic mass is 32.2. The molecule has 0 atom stereocenters. The minimum absolute atomic E-state index is 0.0218. The number of alkyl halides is 12. The second-order valence-electron chi connectivity index (χ2n) is 28.7. The van der Waals surface area contributed by atoms with Crippen LogP contribution in [0.5, 0.6) is 23.0 Å². The van der Waals surface area contributed by atoms with E-state index in [1.54, 1.807) is 59.7 Å². The smallest absolute Gasteiger partial charge is 0.416 e. The topological polar surface area (TPSA) is 347 Å². The van der Waals surface area contributed by atoms with Gasteiger partial charge in [-0.05, 0) is 193 Å². The number of amides is 2. The number of benzene rings is 6. The second-order valence-corrected chi connectivity index (χ2v) is 30.9. The van der Waals surface area contributed by atoms with Gasteiger partial charge in [0.15, 0.2) is 5.96 Å². The molecule has 0 aliphatic rings. The summed E-state index contributed by atoms with van der Waals surface area (Å²) in [7, 11) is 0. The van der Waals surface area contributed by atoms with Gasteiger partial charge < -0.3 is 68.4 Å². The van der Waals surface area contributed by atoms with Crippen LogP contribution in [0.15, 0.2) is 136 Å². The first-order valence-electron chi connectivity index (χ1n) is 37.2. The summed E-state index contributed by atoms with van der Waals surface area (Å²) in [5, 5.41) is 10.8. The number of carbonyl (C=O) groups excluding carboxylic acids is 7. The van der Waals surface area contributed by atoms with Crippen molar-refractivity contribution in [3.05, 3.63) is 177 Å². The fourth-order valence-electron chi connectivity index (χ4n) is 10.9. The summed E-state index contributed by atoms with van der Waals surface area (Å²) >= 11 is 2.26. The lowest BCUT2D eigenvalue weighted by Crippen LogP contribution is -2.36. The van der Waals surface area contributed by atoms with Gasteiger partial charge in [0.2, 0.25) is 0 Å². The summed E-state index contributed by atoms with van der Waals surface area (Å²) in [4.78, 5) is 91.1. The molecular weight excluding hydrogens is 1590 g/mol. The molecule has 642 valence electrons. The van der Waals surface area contributed by atoms with Crippen LogP contribution in [0.1, 0.15) is 162 Å². The van der Waals surface area contributed by atoms with Crippen molar-refractivity contribution in [2.24, 2.45) is 27.9 Å². The molecule has 0 fully saturated rings. The Morgan fingerprint density at radius 3 is 1.37 bits per heavy atom. The number of anilines is 2. The maximum atomic E-state index is 14.3. The molecule has 21 nitrogen and oxygen atoms in total. The van der Waals surface area contributed by atoms with Crippen molar-refractivity contribution in [1.82, 2.24) is 16.0 Å². The lowest BCUT2D eigenvalue weighted by molar-refractivity contribution is -0.138. The number of alkyl carbamates (subject to hydrolysis) is 2. The SMILES string of the molecule is C=C(NCCCCC(=O)Cc1cc(C(F)(F)F)cc(CC(=O)Cc2cccc(Oc3cc(N)cc(C(F)(F)F)c3)c2)c1SCCNC(=O)OC(C)(C)C)NC(=O)OC(C)(C)C.CCCC=O.NCCCNc1cc(Oc2cccc(CC(=O)Cc3cc(C(F)(F)F)cc(CC(=O)CCCCN=C(N)N)c3SCCN)c2)cc(C(F)(F)F)c1. The number of hydrogen-bond acceptors (Lipinski definition) is 19. The third-order valence-corrected chi connectivity index (χ3v) is 18.3. The molecule has 6 aromatic rings. The normalized spacial score (nSPS) is 11.7. The molecular formula is C82H102F12N10O11S2. The fourth-order valence-corrected chi connectivity index (χ4v) is 12.8. The number of nitrogens with one attached hydrogen (secondary N) is 4. The highest BCUT2D eigenvalue weighted by molar-refractivity contribution is 7.99. The molecule has 0 saturated carbocycles. The Bertz CT molecular complexity index is 4330. The molecule has 0 heterocycles. The Morgan fingerprint density at radius 1 is 0.487 bits per heavy atom. The van der Waals surface area contributed by atoms with Gasteiger partial charge in [0.1, 0.15) is 69.4 Å². The number of thioether (sulfide) groups is 2. The maximum absolute atomic E-state index is 14.3. The Morgan fingerprint density at radius 2 is 0.932 bits per heavy atom. The Hall–Kier alpha value is -10.0. The number of halogens is 12. The van der Waals surface area contributed by atoms with E-state index in [1.807, 2.05) is 6.92 Å². The first-order valence-corrected chi connectivity index (χ1v) is 39.2. The average Bonchev–Trinajstić information content (AvgIpc) is 0.772. The number of unbranched alkanes of at least 4 members (excludes halogenated alkanes) is 3. The number of nitrogens with two attached hydrogens (primary N) is 5. The highest BCUT2D eigenvalue weighted by Gasteiger charge is 2.36. The number of aldehydes is 1. The van der Waals surface area contributed by atoms with Crippen molar-refractivity contribution in [3.63, 3.8) is 0 Å². The van der Waals surface area contributed by atoms with E-state index in [0.29, 0.717) is 86.5 Å². The quantitative estimate of drug-likeness (QED) is 0.00327. The van der Waals surface area contributed by atoms with Gasteiger partial charge in [0.05, 0.1) is 22.3 Å². The number of guanidine groups is 1. The molecule has 35 heteroatoms. The van der Waals surface area contributed by atoms with Crippen LogP contribution < -0.4 is 59.4 Å². The number of Topliss-reactive ketones (excluding diaryl/α,β-unsaturated/α-hetero) is 4. The van der Waals surface area contributed by atoms with Crippen molar-refractivity contribution in [1.29, 1.82) is 0 Å². The maximum Gasteiger partial charge on any atom is 0.416 e. The fraction of sp³-hybridized carbons (Fsp3) is 0.439. The third-order valence-electron chi connectivity index (χ3n) is 15.8. The molecule has 0 radical (unpaired) electrons. The van der Waals surface area contributed by atoms with Crippen LogP contribution in [-0.2, 0) is 96.7 Å². The summed E-state index contributed by atoms with van der Waals surface area (Å²) in [6, 6.07) is 21.7. The van der Waals surface area contributed by atoms with Gasteiger partial charge in [0, 0.05) is 135 Å². The third kappa shape index (κ3) is 39.7. The Balaban J connectivity index is 0.000000471. The van der Waals surface area contributed by atoms with E-state index in [-0.39, 0.29) is 149 Å². The number of rotatable bonds is 41. The van der Waals surface area contributed by atoms with E-state index < -0.39 is 88.3 Å². The van der Waals surface area contributed by atoms with Gasteiger partial charge in [-0.3, -0.25) is 29.5 Å². The predicted molar refractivity (Wildman–Crippen MR) is 428 cm³/mol. The number of carbonyl (C=O) groups is 7. The largest absolute Gasteiger partial charge is 0.457 e. The minimum atomic E-state index is -4.82. The van der Waals surface area contributed by atoms with Gasteiger partial charge in [-0.25, -0.2) is 9.59 Å². The van der Waals surface area contributed by atoms with Gasteiger partial charge >= 0.3 is 36.9 Å². The summed E-state index contributed by atoms with van der Waals surface area (Å²) in [5.41, 5.74) is 23.1. The van der Waals surface area contributed by atoms with E-state index in [2.05, 4.69) is 32.8 Å². The van der Waals surface area contributed by atoms with Crippen LogP contribution in [-0.4, -0.2) is 110 Å². The summed E-state index contributed by atoms with van der Waals surface area (Å²) < 4.78 is 188. The predicted octanol–water partition coefficient (Wildman–Crippen LogP) is 17.2. The zero-order chi connectivity index (χ0) is 87.5. The zero-order valence-electron chi connectivity index (χ0n) is 66.1. The average molecular weight is 1700 g/mol. The van der Waals surface area contributed by atoms with Crippen molar-refractivity contribution in [2.45, 2.75) is 190 Å². The first-order chi connectivity index (χ1) is 54.7. The number of hydrogen-bond donors (Lipinski definition) is 9. The molecule has 0 aliphatic heterocycles. The van der Waals surface area contributed by atoms with E-state index in [0.717, 1.165) is 73.0 Å². The van der Waals surface area contributed by atoms with Crippen molar-refractivity contribution >= 4 is 82.5 Å². The van der Waals surface area contributed by atoms with Crippen molar-refractivity contribution in [2.75, 3.05) is 61.8 Å². The molecule has 117 heavy (non-hydrogen) atoms. The second kappa shape index (κ2) is 47.4. The molecule has 0 spiro atoms. The van der Waals surface area contributed by atoms with Crippen LogP contribution in [0, 0.1) is 0 Å². The van der Waals surface area contributed by atoms with E-state index in [4.69, 9.17) is 47.6 Å². The van der Waals surface area contributed by atoms with Crippen molar-refractivity contribution in [3.8, 4) is 23.0 Å². The first kappa shape index (κ1) is 99.4. The van der Waals surface area contributed by atoms with Gasteiger partial charge in [-0.2, -0.15) is 52.7 Å². The Labute approximate surface area is 680 Å². The molecule has 6 rings (SSSR count).